The quantitative estimate of drug-likeness (QED) is 0.876. The van der Waals surface area contributed by atoms with E-state index in [-0.39, 0.29) is 12.4 Å². The number of nitrogens with zero attached hydrogens (tertiary/aromatic N) is 1. The number of rotatable bonds is 6. The molecular weight excluding hydrogens is 276 g/mol. The molecule has 0 saturated carbocycles. The van der Waals surface area contributed by atoms with Crippen LogP contribution in [-0.4, -0.2) is 43.8 Å². The highest BCUT2D eigenvalue weighted by Crippen LogP contribution is 2.17. The largest absolute Gasteiger partial charge is 0.494 e. The maximum absolute atomic E-state index is 5.89. The second-order valence-electron chi connectivity index (χ2n) is 4.93. The van der Waals surface area contributed by atoms with Gasteiger partial charge in [0.05, 0.1) is 6.61 Å². The van der Waals surface area contributed by atoms with Crippen molar-refractivity contribution >= 4 is 12.4 Å². The molecule has 0 spiro atoms. The number of nitrogens with two attached hydrogens (primary N) is 1. The first kappa shape index (κ1) is 17.1. The molecule has 1 aliphatic rings. The van der Waals surface area contributed by atoms with E-state index in [4.69, 9.17) is 15.2 Å². The molecule has 0 aromatic heterocycles. The highest BCUT2D eigenvalue weighted by Gasteiger charge is 2.15. The van der Waals surface area contributed by atoms with E-state index >= 15 is 0 Å². The maximum atomic E-state index is 5.89. The van der Waals surface area contributed by atoms with Crippen LogP contribution < -0.4 is 15.2 Å². The Balaban J connectivity index is 0.00000200. The van der Waals surface area contributed by atoms with E-state index in [2.05, 4.69) is 4.90 Å². The lowest BCUT2D eigenvalue weighted by atomic mass is 10.1. The van der Waals surface area contributed by atoms with Crippen molar-refractivity contribution < 1.29 is 9.47 Å². The third kappa shape index (κ3) is 5.57. The highest BCUT2D eigenvalue weighted by molar-refractivity contribution is 5.85. The Morgan fingerprint density at radius 2 is 1.65 bits per heavy atom. The Morgan fingerprint density at radius 3 is 2.20 bits per heavy atom. The fraction of sp³-hybridized carbons (Fsp3) is 0.600. The van der Waals surface area contributed by atoms with Gasteiger partial charge in [0.25, 0.3) is 0 Å². The average Bonchev–Trinajstić information content (AvgIpc) is 2.43. The number of benzene rings is 1. The molecule has 20 heavy (non-hydrogen) atoms. The summed E-state index contributed by atoms with van der Waals surface area (Å²) in [5, 5.41) is 0. The van der Waals surface area contributed by atoms with Crippen LogP contribution in [0.4, 0.5) is 0 Å². The minimum Gasteiger partial charge on any atom is -0.494 e. The first-order chi connectivity index (χ1) is 9.28. The molecule has 114 valence electrons. The van der Waals surface area contributed by atoms with Gasteiger partial charge in [-0.15, -0.1) is 12.4 Å². The molecule has 0 aliphatic carbocycles. The summed E-state index contributed by atoms with van der Waals surface area (Å²) >= 11 is 0. The Bertz CT molecular complexity index is 365. The second-order valence-corrected chi connectivity index (χ2v) is 4.93. The molecule has 1 aromatic carbocycles. The minimum absolute atomic E-state index is 0. The van der Waals surface area contributed by atoms with Gasteiger partial charge in [-0.05, 0) is 57.1 Å². The Hall–Kier alpha value is -0.970. The molecule has 0 bridgehead atoms. The number of ether oxygens (including phenoxy) is 2. The zero-order chi connectivity index (χ0) is 13.5. The number of hydrogen-bond acceptors (Lipinski definition) is 4. The Kier molecular flexibility index (Phi) is 7.73. The lowest BCUT2D eigenvalue weighted by Crippen LogP contribution is -2.41. The third-order valence-corrected chi connectivity index (χ3v) is 3.44. The van der Waals surface area contributed by atoms with Crippen LogP contribution in [0.5, 0.6) is 11.5 Å². The van der Waals surface area contributed by atoms with Crippen molar-refractivity contribution in [1.82, 2.24) is 4.90 Å². The first-order valence-corrected chi connectivity index (χ1v) is 7.11. The molecule has 0 radical (unpaired) electrons. The number of piperidine rings is 1. The molecular formula is C15H25ClN2O2. The number of likely N-dealkylation sites (tertiary alicyclic amines) is 1. The van der Waals surface area contributed by atoms with E-state index in [9.17, 15) is 0 Å². The van der Waals surface area contributed by atoms with Crippen molar-refractivity contribution in [3.63, 3.8) is 0 Å². The van der Waals surface area contributed by atoms with Crippen LogP contribution in [0.1, 0.15) is 19.8 Å². The van der Waals surface area contributed by atoms with E-state index in [1.54, 1.807) is 0 Å². The van der Waals surface area contributed by atoms with Crippen molar-refractivity contribution in [2.75, 3.05) is 32.8 Å². The summed E-state index contributed by atoms with van der Waals surface area (Å²) in [7, 11) is 0. The summed E-state index contributed by atoms with van der Waals surface area (Å²) in [5.41, 5.74) is 5.89. The van der Waals surface area contributed by atoms with Crippen molar-refractivity contribution in [3.8, 4) is 11.5 Å². The van der Waals surface area contributed by atoms with Gasteiger partial charge in [0.1, 0.15) is 18.1 Å². The van der Waals surface area contributed by atoms with E-state index in [1.807, 2.05) is 31.2 Å². The van der Waals surface area contributed by atoms with Gasteiger partial charge in [0, 0.05) is 12.6 Å². The molecule has 0 amide bonds. The van der Waals surface area contributed by atoms with Crippen LogP contribution in [0.15, 0.2) is 24.3 Å². The SMILES string of the molecule is CCOc1ccc(OCCN2CCC(N)CC2)cc1.Cl. The summed E-state index contributed by atoms with van der Waals surface area (Å²) in [6, 6.07) is 8.19. The molecule has 0 atom stereocenters. The Labute approximate surface area is 127 Å². The summed E-state index contributed by atoms with van der Waals surface area (Å²) < 4.78 is 11.1. The van der Waals surface area contributed by atoms with Gasteiger partial charge in [-0.3, -0.25) is 4.90 Å². The van der Waals surface area contributed by atoms with Crippen LogP contribution in [0.3, 0.4) is 0 Å². The zero-order valence-corrected chi connectivity index (χ0v) is 12.9. The van der Waals surface area contributed by atoms with Crippen LogP contribution in [0.25, 0.3) is 0 Å². The minimum atomic E-state index is 0. The smallest absolute Gasteiger partial charge is 0.119 e. The van der Waals surface area contributed by atoms with Crippen LogP contribution in [-0.2, 0) is 0 Å². The first-order valence-electron chi connectivity index (χ1n) is 7.11. The fourth-order valence-corrected chi connectivity index (χ4v) is 2.27. The Morgan fingerprint density at radius 1 is 1.10 bits per heavy atom. The lowest BCUT2D eigenvalue weighted by Gasteiger charge is -2.29. The maximum Gasteiger partial charge on any atom is 0.119 e. The predicted molar refractivity (Wildman–Crippen MR) is 84.0 cm³/mol. The standard InChI is InChI=1S/C15H24N2O2.ClH/c1-2-18-14-3-5-15(6-4-14)19-12-11-17-9-7-13(16)8-10-17;/h3-6,13H,2,7-12,16H2,1H3;1H. The van der Waals surface area contributed by atoms with E-state index in [0.29, 0.717) is 12.6 Å². The topological polar surface area (TPSA) is 47.7 Å². The molecule has 1 aromatic rings. The normalized spacial score (nSPS) is 16.5. The second kappa shape index (κ2) is 9.06. The van der Waals surface area contributed by atoms with E-state index in [1.165, 1.54) is 0 Å². The van der Waals surface area contributed by atoms with Gasteiger partial charge >= 0.3 is 0 Å². The van der Waals surface area contributed by atoms with Crippen molar-refractivity contribution in [1.29, 1.82) is 0 Å². The van der Waals surface area contributed by atoms with E-state index < -0.39 is 0 Å². The zero-order valence-electron chi connectivity index (χ0n) is 12.1. The molecule has 2 rings (SSSR count). The fourth-order valence-electron chi connectivity index (χ4n) is 2.27. The van der Waals surface area contributed by atoms with Crippen LogP contribution in [0.2, 0.25) is 0 Å². The van der Waals surface area contributed by atoms with Crippen LogP contribution >= 0.6 is 12.4 Å². The van der Waals surface area contributed by atoms with E-state index in [0.717, 1.165) is 50.6 Å². The molecule has 2 N–H and O–H groups in total. The average molecular weight is 301 g/mol. The van der Waals surface area contributed by atoms with Crippen molar-refractivity contribution in [2.24, 2.45) is 5.73 Å². The van der Waals surface area contributed by atoms with Gasteiger partial charge in [-0.2, -0.15) is 0 Å². The summed E-state index contributed by atoms with van der Waals surface area (Å²) in [5.74, 6) is 1.79. The van der Waals surface area contributed by atoms with Gasteiger partial charge in [-0.25, -0.2) is 0 Å². The van der Waals surface area contributed by atoms with Gasteiger partial charge < -0.3 is 15.2 Å². The van der Waals surface area contributed by atoms with Crippen molar-refractivity contribution in [3.05, 3.63) is 24.3 Å². The molecule has 0 unspecified atom stereocenters. The number of hydrogen-bond donors (Lipinski definition) is 1. The van der Waals surface area contributed by atoms with Gasteiger partial charge in [-0.1, -0.05) is 0 Å². The molecule has 1 aliphatic heterocycles. The van der Waals surface area contributed by atoms with Crippen LogP contribution in [0, 0.1) is 0 Å². The summed E-state index contributed by atoms with van der Waals surface area (Å²) in [6.07, 6.45) is 2.20. The number of halogens is 1. The van der Waals surface area contributed by atoms with Crippen molar-refractivity contribution in [2.45, 2.75) is 25.8 Å². The highest BCUT2D eigenvalue weighted by atomic mass is 35.5. The molecule has 1 fully saturated rings. The van der Waals surface area contributed by atoms with Gasteiger partial charge in [0.15, 0.2) is 0 Å². The van der Waals surface area contributed by atoms with Gasteiger partial charge in [0.2, 0.25) is 0 Å². The monoisotopic (exact) mass is 300 g/mol. The molecule has 4 nitrogen and oxygen atoms in total. The molecule has 1 heterocycles. The third-order valence-electron chi connectivity index (χ3n) is 3.44. The predicted octanol–water partition coefficient (Wildman–Crippen LogP) is 2.31. The molecule has 5 heteroatoms. The summed E-state index contributed by atoms with van der Waals surface area (Å²) in [6.45, 7) is 6.55. The molecule has 1 saturated heterocycles. The lowest BCUT2D eigenvalue weighted by molar-refractivity contribution is 0.174. The summed E-state index contributed by atoms with van der Waals surface area (Å²) in [4.78, 5) is 2.41.